The van der Waals surface area contributed by atoms with Crippen LogP contribution >= 0.6 is 11.3 Å². The number of fused-ring (bicyclic) bond motifs is 2. The molecule has 6 N–H and O–H groups in total. The molecule has 11 heteroatoms. The SMILES string of the molecule is CC(C)(C)[C@H]1CCc2nc3sc(C(=O)N[C@H](CCN4CCCC(O)C4)c4cccc([N-]S(C)(=O)=O)c4)cc3cc2C1.[NH4+]. The molecule has 1 unspecified atom stereocenters. The number of nitrogens with one attached hydrogen (secondary N) is 1. The number of hydrogen-bond donors (Lipinski definition) is 3. The number of β-amino-alcohol motifs (C(OH)–C–C–N with tert-alkyl or cyclic N) is 1. The van der Waals surface area contributed by atoms with Crippen molar-refractivity contribution in [3.63, 3.8) is 0 Å². The van der Waals surface area contributed by atoms with Crippen molar-refractivity contribution in [1.29, 1.82) is 0 Å². The Morgan fingerprint density at radius 1 is 1.24 bits per heavy atom. The number of sulfonamides is 1. The molecular formula is C31H45N5O4S2. The highest BCUT2D eigenvalue weighted by molar-refractivity contribution is 7.93. The van der Waals surface area contributed by atoms with Gasteiger partial charge in [0.05, 0.1) is 27.0 Å². The molecule has 3 aromatic rings. The van der Waals surface area contributed by atoms with E-state index in [0.717, 1.165) is 66.4 Å². The Morgan fingerprint density at radius 2 is 2.02 bits per heavy atom. The van der Waals surface area contributed by atoms with Gasteiger partial charge in [-0.1, -0.05) is 45.0 Å². The molecule has 3 heterocycles. The minimum absolute atomic E-state index is 0. The Kier molecular flexibility index (Phi) is 9.99. The van der Waals surface area contributed by atoms with Crippen LogP contribution in [-0.2, 0) is 22.9 Å². The van der Waals surface area contributed by atoms with E-state index in [9.17, 15) is 18.3 Å². The molecule has 0 saturated carbocycles. The quantitative estimate of drug-likeness (QED) is 0.278. The van der Waals surface area contributed by atoms with E-state index in [2.05, 4.69) is 41.8 Å². The van der Waals surface area contributed by atoms with Crippen molar-refractivity contribution >= 4 is 43.2 Å². The van der Waals surface area contributed by atoms with Crippen LogP contribution < -0.4 is 11.5 Å². The van der Waals surface area contributed by atoms with Crippen LogP contribution in [0.4, 0.5) is 5.69 Å². The lowest BCUT2D eigenvalue weighted by Gasteiger charge is -2.34. The van der Waals surface area contributed by atoms with Crippen LogP contribution in [0.25, 0.3) is 14.9 Å². The summed E-state index contributed by atoms with van der Waals surface area (Å²) in [7, 11) is -3.56. The summed E-state index contributed by atoms with van der Waals surface area (Å²) in [5.74, 6) is 0.440. The van der Waals surface area contributed by atoms with E-state index in [0.29, 0.717) is 36.0 Å². The number of piperidine rings is 1. The number of thiophene rings is 1. The highest BCUT2D eigenvalue weighted by Crippen LogP contribution is 2.38. The van der Waals surface area contributed by atoms with Crippen molar-refractivity contribution in [3.05, 3.63) is 62.8 Å². The number of carbonyl (C=O) groups excluding carboxylic acids is 1. The first-order chi connectivity index (χ1) is 19.3. The van der Waals surface area contributed by atoms with Crippen molar-refractivity contribution < 1.29 is 18.3 Å². The Balaban J connectivity index is 0.00000405. The molecule has 3 atom stereocenters. The van der Waals surface area contributed by atoms with Crippen molar-refractivity contribution in [2.45, 2.75) is 71.4 Å². The van der Waals surface area contributed by atoms with Crippen LogP contribution in [0.3, 0.4) is 0 Å². The maximum Gasteiger partial charge on any atom is 0.261 e. The van der Waals surface area contributed by atoms with Gasteiger partial charge in [0.2, 0.25) is 0 Å². The van der Waals surface area contributed by atoms with Crippen LogP contribution in [0, 0.1) is 11.3 Å². The molecule has 0 spiro atoms. The largest absolute Gasteiger partial charge is 0.577 e. The third-order valence-corrected chi connectivity index (χ3v) is 9.97. The third-order valence-electron chi connectivity index (χ3n) is 8.39. The summed E-state index contributed by atoms with van der Waals surface area (Å²) in [6.45, 7) is 9.13. The van der Waals surface area contributed by atoms with Gasteiger partial charge < -0.3 is 26.2 Å². The van der Waals surface area contributed by atoms with Gasteiger partial charge in [0.25, 0.3) is 5.91 Å². The van der Waals surface area contributed by atoms with Gasteiger partial charge in [-0.3, -0.25) is 4.79 Å². The van der Waals surface area contributed by atoms with Crippen molar-refractivity contribution in [3.8, 4) is 0 Å². The van der Waals surface area contributed by atoms with Crippen LogP contribution in [0.15, 0.2) is 36.4 Å². The van der Waals surface area contributed by atoms with Gasteiger partial charge in [-0.25, -0.2) is 13.4 Å². The summed E-state index contributed by atoms with van der Waals surface area (Å²) in [5.41, 5.74) is 3.83. The fourth-order valence-electron chi connectivity index (χ4n) is 6.06. The predicted molar refractivity (Wildman–Crippen MR) is 171 cm³/mol. The maximum atomic E-state index is 13.6. The van der Waals surface area contributed by atoms with E-state index in [1.807, 2.05) is 12.1 Å². The number of amides is 1. The summed E-state index contributed by atoms with van der Waals surface area (Å²) in [5, 5.41) is 14.3. The highest BCUT2D eigenvalue weighted by atomic mass is 32.2. The standard InChI is InChI=1S/C31H41N4O4S2.H3N/c1-31(2,3)23-10-11-26-21(16-23)15-22-18-28(40-30(22)33-26)29(37)32-27(12-14-35-13-6-9-25(36)19-35)20-7-5-8-24(17-20)34-41(4,38)39;/h5,7-8,15,17-18,23,25,27,36H,6,9-14,16,19H2,1-4H3,(H,32,37);1H3/q-1;/p+1/t23-,25?,27+;/m0./s1. The topological polar surface area (TPSA) is 150 Å². The smallest absolute Gasteiger partial charge is 0.261 e. The molecule has 1 fully saturated rings. The fraction of sp³-hybridized carbons (Fsp3) is 0.548. The summed E-state index contributed by atoms with van der Waals surface area (Å²) < 4.78 is 27.4. The summed E-state index contributed by atoms with van der Waals surface area (Å²) in [4.78, 5) is 22.3. The molecular weight excluding hydrogens is 571 g/mol. The van der Waals surface area contributed by atoms with Crippen LogP contribution in [0.2, 0.25) is 0 Å². The summed E-state index contributed by atoms with van der Waals surface area (Å²) >= 11 is 1.41. The number of pyridine rings is 1. The second-order valence-electron chi connectivity index (χ2n) is 12.7. The zero-order valence-electron chi connectivity index (χ0n) is 25.4. The second kappa shape index (κ2) is 13.0. The van der Waals surface area contributed by atoms with Crippen molar-refractivity contribution in [1.82, 2.24) is 21.4 Å². The molecule has 1 aliphatic carbocycles. The molecule has 42 heavy (non-hydrogen) atoms. The molecule has 5 rings (SSSR count). The molecule has 0 radical (unpaired) electrons. The molecule has 0 bridgehead atoms. The van der Waals surface area contributed by atoms with Gasteiger partial charge in [-0.05, 0) is 79.7 Å². The van der Waals surface area contributed by atoms with Crippen LogP contribution in [0.5, 0.6) is 0 Å². The minimum atomic E-state index is -3.56. The summed E-state index contributed by atoms with van der Waals surface area (Å²) in [6, 6.07) is 10.8. The number of likely N-dealkylation sites (tertiary alicyclic amines) is 1. The Labute approximate surface area is 253 Å². The van der Waals surface area contributed by atoms with Gasteiger partial charge >= 0.3 is 0 Å². The second-order valence-corrected chi connectivity index (χ2v) is 15.4. The number of benzene rings is 1. The van der Waals surface area contributed by atoms with E-state index in [1.165, 1.54) is 16.9 Å². The van der Waals surface area contributed by atoms with Gasteiger partial charge in [0, 0.05) is 30.4 Å². The first-order valence-corrected chi connectivity index (χ1v) is 17.2. The van der Waals surface area contributed by atoms with Gasteiger partial charge in [-0.2, -0.15) is 0 Å². The van der Waals surface area contributed by atoms with E-state index < -0.39 is 10.0 Å². The zero-order chi connectivity index (χ0) is 29.4. The number of quaternary nitrogens is 1. The number of rotatable bonds is 8. The predicted octanol–water partition coefficient (Wildman–Crippen LogP) is 6.11. The van der Waals surface area contributed by atoms with Crippen LogP contribution in [-0.4, -0.2) is 61.3 Å². The van der Waals surface area contributed by atoms with Crippen molar-refractivity contribution in [2.24, 2.45) is 11.3 Å². The molecule has 9 nitrogen and oxygen atoms in total. The fourth-order valence-corrected chi connectivity index (χ4v) is 7.50. The maximum absolute atomic E-state index is 13.6. The lowest BCUT2D eigenvalue weighted by atomic mass is 9.71. The number of aromatic nitrogens is 1. The average molecular weight is 616 g/mol. The lowest BCUT2D eigenvalue weighted by molar-refractivity contribution is 0.0677. The molecule has 1 amide bonds. The van der Waals surface area contributed by atoms with E-state index in [4.69, 9.17) is 4.98 Å². The molecule has 1 saturated heterocycles. The molecule has 2 aliphatic rings. The number of carbonyl (C=O) groups is 1. The monoisotopic (exact) mass is 615 g/mol. The lowest BCUT2D eigenvalue weighted by Crippen LogP contribution is -2.40. The Hall–Kier alpha value is -2.57. The molecule has 230 valence electrons. The first kappa shape index (κ1) is 32.3. The summed E-state index contributed by atoms with van der Waals surface area (Å²) in [6.07, 6.45) is 6.22. The van der Waals surface area contributed by atoms with Gasteiger partial charge in [0.1, 0.15) is 4.83 Å². The number of aliphatic hydroxyl groups is 1. The average Bonchev–Trinajstić information content (AvgIpc) is 3.31. The van der Waals surface area contributed by atoms with Gasteiger partial charge in [0.15, 0.2) is 0 Å². The van der Waals surface area contributed by atoms with Crippen molar-refractivity contribution in [2.75, 3.05) is 25.9 Å². The minimum Gasteiger partial charge on any atom is -0.577 e. The van der Waals surface area contributed by atoms with E-state index >= 15 is 0 Å². The number of aliphatic hydroxyl groups excluding tert-OH is 1. The first-order valence-electron chi connectivity index (χ1n) is 14.5. The zero-order valence-corrected chi connectivity index (χ0v) is 27.0. The normalized spacial score (nSPS) is 20.4. The van der Waals surface area contributed by atoms with Crippen LogP contribution in [0.1, 0.15) is 79.0 Å². The Morgan fingerprint density at radius 3 is 2.74 bits per heavy atom. The number of nitrogens with zero attached hydrogens (tertiary/aromatic N) is 3. The Bertz CT molecular complexity index is 1520. The molecule has 1 aliphatic heterocycles. The van der Waals surface area contributed by atoms with Gasteiger partial charge in [-0.15, -0.1) is 17.0 Å². The van der Waals surface area contributed by atoms with E-state index in [1.54, 1.807) is 18.2 Å². The number of aryl methyl sites for hydroxylation is 1. The molecule has 1 aromatic carbocycles. The number of hydrogen-bond acceptors (Lipinski definition) is 7. The third kappa shape index (κ3) is 8.08. The van der Waals surface area contributed by atoms with E-state index in [-0.39, 0.29) is 29.6 Å². The highest BCUT2D eigenvalue weighted by Gasteiger charge is 2.30. The molecule has 2 aromatic heterocycles.